The number of rotatable bonds is 4. The van der Waals surface area contributed by atoms with Crippen molar-refractivity contribution in [2.75, 3.05) is 16.8 Å². The van der Waals surface area contributed by atoms with E-state index >= 15 is 0 Å². The van der Waals surface area contributed by atoms with E-state index < -0.39 is 0 Å². The number of aromatic nitrogens is 2. The molecule has 1 fully saturated rings. The van der Waals surface area contributed by atoms with Gasteiger partial charge in [0.25, 0.3) is 0 Å². The van der Waals surface area contributed by atoms with Crippen LogP contribution in [0, 0.1) is 5.82 Å². The molecule has 1 saturated heterocycles. The number of benzene rings is 1. The van der Waals surface area contributed by atoms with Gasteiger partial charge in [-0.15, -0.1) is 0 Å². The Balaban J connectivity index is 1.78. The summed E-state index contributed by atoms with van der Waals surface area (Å²) in [6, 6.07) is 8.72. The maximum atomic E-state index is 12.9. The highest BCUT2D eigenvalue weighted by atomic mass is 19.1. The molecule has 2 aromatic rings. The van der Waals surface area contributed by atoms with Crippen molar-refractivity contribution in [2.24, 2.45) is 0 Å². The highest BCUT2D eigenvalue weighted by Gasteiger charge is 2.22. The Morgan fingerprint density at radius 3 is 2.82 bits per heavy atom. The molecule has 0 amide bonds. The van der Waals surface area contributed by atoms with Crippen LogP contribution in [0.15, 0.2) is 36.5 Å². The highest BCUT2D eigenvalue weighted by Crippen LogP contribution is 2.25. The largest absolute Gasteiger partial charge is 0.353 e. The van der Waals surface area contributed by atoms with Crippen LogP contribution in [0.25, 0.3) is 0 Å². The van der Waals surface area contributed by atoms with Gasteiger partial charge in [0.2, 0.25) is 5.95 Å². The van der Waals surface area contributed by atoms with Crippen LogP contribution in [0.2, 0.25) is 0 Å². The molecule has 1 aromatic heterocycles. The molecule has 0 spiro atoms. The zero-order chi connectivity index (χ0) is 15.4. The van der Waals surface area contributed by atoms with Gasteiger partial charge >= 0.3 is 0 Å². The van der Waals surface area contributed by atoms with E-state index in [1.54, 1.807) is 18.3 Å². The van der Waals surface area contributed by atoms with Gasteiger partial charge in [0.05, 0.1) is 0 Å². The number of halogens is 1. The molecular formula is C17H21FN4. The van der Waals surface area contributed by atoms with Crippen molar-refractivity contribution in [3.8, 4) is 0 Å². The number of piperidine rings is 1. The summed E-state index contributed by atoms with van der Waals surface area (Å²) >= 11 is 0. The third-order valence-electron chi connectivity index (χ3n) is 4.13. The molecule has 0 bridgehead atoms. The van der Waals surface area contributed by atoms with Crippen LogP contribution in [-0.4, -0.2) is 22.6 Å². The van der Waals surface area contributed by atoms with E-state index in [1.807, 2.05) is 6.07 Å². The molecule has 22 heavy (non-hydrogen) atoms. The molecule has 1 aromatic carbocycles. The molecule has 1 atom stereocenters. The highest BCUT2D eigenvalue weighted by molar-refractivity contribution is 5.55. The quantitative estimate of drug-likeness (QED) is 0.922. The minimum atomic E-state index is -0.251. The molecule has 3 rings (SSSR count). The lowest BCUT2D eigenvalue weighted by molar-refractivity contribution is 0.447. The Bertz CT molecular complexity index is 614. The molecule has 1 aliphatic heterocycles. The van der Waals surface area contributed by atoms with Crippen molar-refractivity contribution < 1.29 is 4.39 Å². The molecule has 5 heteroatoms. The lowest BCUT2D eigenvalue weighted by Crippen LogP contribution is -2.39. The number of hydrogen-bond donors (Lipinski definition) is 1. The fourth-order valence-corrected chi connectivity index (χ4v) is 2.96. The van der Waals surface area contributed by atoms with Gasteiger partial charge in [0.15, 0.2) is 0 Å². The van der Waals surface area contributed by atoms with Gasteiger partial charge in [-0.3, -0.25) is 0 Å². The minimum Gasteiger partial charge on any atom is -0.353 e. The van der Waals surface area contributed by atoms with Crippen LogP contribution in [0.4, 0.5) is 21.8 Å². The van der Waals surface area contributed by atoms with E-state index in [0.717, 1.165) is 24.5 Å². The summed E-state index contributed by atoms with van der Waals surface area (Å²) in [5.74, 6) is 1.26. The Labute approximate surface area is 130 Å². The van der Waals surface area contributed by atoms with Gasteiger partial charge in [-0.1, -0.05) is 6.92 Å². The van der Waals surface area contributed by atoms with Gasteiger partial charge in [-0.25, -0.2) is 9.37 Å². The fourth-order valence-electron chi connectivity index (χ4n) is 2.96. The fraction of sp³-hybridized carbons (Fsp3) is 0.412. The van der Waals surface area contributed by atoms with E-state index in [-0.39, 0.29) is 5.82 Å². The number of hydrogen-bond acceptors (Lipinski definition) is 4. The van der Waals surface area contributed by atoms with Crippen molar-refractivity contribution in [2.45, 2.75) is 38.6 Å². The van der Waals surface area contributed by atoms with E-state index in [2.05, 4.69) is 27.1 Å². The summed E-state index contributed by atoms with van der Waals surface area (Å²) in [7, 11) is 0. The monoisotopic (exact) mass is 300 g/mol. The third kappa shape index (κ3) is 3.35. The van der Waals surface area contributed by atoms with Gasteiger partial charge in [0.1, 0.15) is 11.6 Å². The molecule has 116 valence electrons. The van der Waals surface area contributed by atoms with Crippen molar-refractivity contribution in [1.82, 2.24) is 9.97 Å². The Morgan fingerprint density at radius 1 is 1.23 bits per heavy atom. The van der Waals surface area contributed by atoms with Crippen LogP contribution >= 0.6 is 0 Å². The predicted molar refractivity (Wildman–Crippen MR) is 87.0 cm³/mol. The summed E-state index contributed by atoms with van der Waals surface area (Å²) < 4.78 is 12.9. The van der Waals surface area contributed by atoms with Crippen LogP contribution < -0.4 is 10.2 Å². The van der Waals surface area contributed by atoms with Gasteiger partial charge in [0, 0.05) is 24.5 Å². The van der Waals surface area contributed by atoms with Crippen molar-refractivity contribution >= 4 is 17.5 Å². The molecule has 1 N–H and O–H groups in total. The Hall–Kier alpha value is -2.17. The molecule has 1 unspecified atom stereocenters. The van der Waals surface area contributed by atoms with Gasteiger partial charge < -0.3 is 10.2 Å². The van der Waals surface area contributed by atoms with Crippen LogP contribution in [0.1, 0.15) is 32.6 Å². The maximum absolute atomic E-state index is 12.9. The standard InChI is InChI=1S/C17H21FN4/c1-2-15-5-3-4-12-22(15)16-10-11-19-17(21-16)20-14-8-6-13(18)7-9-14/h6-11,15H,2-5,12H2,1H3,(H,19,20,21). The topological polar surface area (TPSA) is 41.1 Å². The van der Waals surface area contributed by atoms with Crippen LogP contribution in [0.5, 0.6) is 0 Å². The first-order chi connectivity index (χ1) is 10.8. The normalized spacial score (nSPS) is 18.3. The molecule has 0 radical (unpaired) electrons. The van der Waals surface area contributed by atoms with Crippen LogP contribution in [-0.2, 0) is 0 Å². The van der Waals surface area contributed by atoms with E-state index in [9.17, 15) is 4.39 Å². The molecule has 1 aliphatic rings. The van der Waals surface area contributed by atoms with Crippen molar-refractivity contribution in [3.05, 3.63) is 42.3 Å². The molecule has 2 heterocycles. The third-order valence-corrected chi connectivity index (χ3v) is 4.13. The summed E-state index contributed by atoms with van der Waals surface area (Å²) in [4.78, 5) is 11.3. The molecule has 4 nitrogen and oxygen atoms in total. The van der Waals surface area contributed by atoms with E-state index in [0.29, 0.717) is 12.0 Å². The smallest absolute Gasteiger partial charge is 0.229 e. The average molecular weight is 300 g/mol. The summed E-state index contributed by atoms with van der Waals surface area (Å²) in [5, 5.41) is 3.13. The molecule has 0 aliphatic carbocycles. The zero-order valence-electron chi connectivity index (χ0n) is 12.8. The predicted octanol–water partition coefficient (Wildman–Crippen LogP) is 4.13. The summed E-state index contributed by atoms with van der Waals surface area (Å²) in [5.41, 5.74) is 0.782. The van der Waals surface area contributed by atoms with E-state index in [1.165, 1.54) is 31.4 Å². The van der Waals surface area contributed by atoms with Crippen LogP contribution in [0.3, 0.4) is 0 Å². The lowest BCUT2D eigenvalue weighted by atomic mass is 10.0. The second-order valence-corrected chi connectivity index (χ2v) is 5.62. The maximum Gasteiger partial charge on any atom is 0.229 e. The molecular weight excluding hydrogens is 279 g/mol. The summed E-state index contributed by atoms with van der Waals surface area (Å²) in [6.07, 6.45) is 6.63. The van der Waals surface area contributed by atoms with Crippen molar-refractivity contribution in [1.29, 1.82) is 0 Å². The zero-order valence-corrected chi connectivity index (χ0v) is 12.8. The first-order valence-corrected chi connectivity index (χ1v) is 7.88. The number of anilines is 3. The van der Waals surface area contributed by atoms with Gasteiger partial charge in [-0.2, -0.15) is 4.98 Å². The van der Waals surface area contributed by atoms with Gasteiger partial charge in [-0.05, 0) is 56.0 Å². The number of nitrogens with one attached hydrogen (secondary N) is 1. The first-order valence-electron chi connectivity index (χ1n) is 7.88. The second kappa shape index (κ2) is 6.73. The van der Waals surface area contributed by atoms with E-state index in [4.69, 9.17) is 0 Å². The first kappa shape index (κ1) is 14.8. The lowest BCUT2D eigenvalue weighted by Gasteiger charge is -2.36. The second-order valence-electron chi connectivity index (χ2n) is 5.62. The average Bonchev–Trinajstić information content (AvgIpc) is 2.57. The molecule has 0 saturated carbocycles. The Kier molecular flexibility index (Phi) is 4.51. The minimum absolute atomic E-state index is 0.251. The van der Waals surface area contributed by atoms with Crippen molar-refractivity contribution in [3.63, 3.8) is 0 Å². The summed E-state index contributed by atoms with van der Waals surface area (Å²) in [6.45, 7) is 3.27. The number of nitrogens with zero attached hydrogens (tertiary/aromatic N) is 3. The Morgan fingerprint density at radius 2 is 2.05 bits per heavy atom. The SMILES string of the molecule is CCC1CCCCN1c1ccnc(Nc2ccc(F)cc2)n1.